The van der Waals surface area contributed by atoms with Crippen molar-refractivity contribution in [3.05, 3.63) is 34.9 Å². The number of benzene rings is 1. The molecule has 0 spiro atoms. The predicted molar refractivity (Wildman–Crippen MR) is 83.9 cm³/mol. The van der Waals surface area contributed by atoms with Crippen molar-refractivity contribution in [2.75, 3.05) is 26.2 Å². The topological polar surface area (TPSA) is 38.5 Å². The number of likely N-dealkylation sites (tertiary alicyclic amines) is 1. The number of hydrogen-bond donors (Lipinski definition) is 1. The monoisotopic (exact) mass is 276 g/mol. The molecule has 1 aromatic rings. The second-order valence-corrected chi connectivity index (χ2v) is 5.79. The Kier molecular flexibility index (Phi) is 5.58. The molecular weight excluding hydrogens is 248 g/mol. The van der Waals surface area contributed by atoms with E-state index in [1.165, 1.54) is 16.7 Å². The normalized spacial score (nSPS) is 19.2. The van der Waals surface area contributed by atoms with E-state index in [1.807, 2.05) is 0 Å². The fourth-order valence-electron chi connectivity index (χ4n) is 3.06. The van der Waals surface area contributed by atoms with Gasteiger partial charge in [0.05, 0.1) is 6.10 Å². The molecule has 1 aliphatic heterocycles. The molecule has 112 valence electrons. The molecule has 2 N–H and O–H groups in total. The molecule has 0 aromatic heterocycles. The van der Waals surface area contributed by atoms with Gasteiger partial charge in [-0.05, 0) is 50.3 Å². The van der Waals surface area contributed by atoms with Crippen LogP contribution in [-0.4, -0.2) is 37.2 Å². The first-order chi connectivity index (χ1) is 9.65. The highest BCUT2D eigenvalue weighted by Crippen LogP contribution is 2.26. The molecule has 0 bridgehead atoms. The van der Waals surface area contributed by atoms with Crippen molar-refractivity contribution in [3.63, 3.8) is 0 Å². The van der Waals surface area contributed by atoms with Gasteiger partial charge in [0, 0.05) is 32.3 Å². The minimum atomic E-state index is 0.344. The Morgan fingerprint density at radius 1 is 1.25 bits per heavy atom. The fourth-order valence-corrected chi connectivity index (χ4v) is 3.06. The molecule has 0 radical (unpaired) electrons. The molecular formula is C17H28N2O. The first kappa shape index (κ1) is 15.5. The van der Waals surface area contributed by atoms with Crippen LogP contribution >= 0.6 is 0 Å². The second-order valence-electron chi connectivity index (χ2n) is 5.79. The summed E-state index contributed by atoms with van der Waals surface area (Å²) in [6.07, 6.45) is 2.68. The Balaban J connectivity index is 2.03. The van der Waals surface area contributed by atoms with Crippen molar-refractivity contribution in [3.8, 4) is 0 Å². The maximum absolute atomic E-state index is 6.04. The van der Waals surface area contributed by atoms with Gasteiger partial charge in [0.2, 0.25) is 0 Å². The second kappa shape index (κ2) is 7.21. The molecule has 0 amide bonds. The first-order valence-electron chi connectivity index (χ1n) is 7.78. The lowest BCUT2D eigenvalue weighted by Crippen LogP contribution is -2.41. The Bertz CT molecular complexity index is 425. The van der Waals surface area contributed by atoms with Crippen LogP contribution in [-0.2, 0) is 4.74 Å². The van der Waals surface area contributed by atoms with E-state index in [1.54, 1.807) is 0 Å². The van der Waals surface area contributed by atoms with Gasteiger partial charge in [-0.2, -0.15) is 0 Å². The highest BCUT2D eigenvalue weighted by molar-refractivity contribution is 5.32. The van der Waals surface area contributed by atoms with Crippen LogP contribution in [0.15, 0.2) is 18.2 Å². The van der Waals surface area contributed by atoms with E-state index in [4.69, 9.17) is 10.5 Å². The summed E-state index contributed by atoms with van der Waals surface area (Å²) in [5.74, 6) is 0. The molecule has 1 atom stereocenters. The van der Waals surface area contributed by atoms with Crippen LogP contribution in [0.4, 0.5) is 0 Å². The molecule has 1 fully saturated rings. The zero-order valence-electron chi connectivity index (χ0n) is 13.1. The highest BCUT2D eigenvalue weighted by atomic mass is 16.5. The Labute approximate surface area is 123 Å². The number of hydrogen-bond acceptors (Lipinski definition) is 3. The molecule has 0 aliphatic carbocycles. The fraction of sp³-hybridized carbons (Fsp3) is 0.647. The van der Waals surface area contributed by atoms with E-state index in [0.717, 1.165) is 32.5 Å². The van der Waals surface area contributed by atoms with E-state index >= 15 is 0 Å². The number of nitrogens with zero attached hydrogens (tertiary/aromatic N) is 1. The molecule has 1 heterocycles. The summed E-state index contributed by atoms with van der Waals surface area (Å²) in [5.41, 5.74) is 10.1. The van der Waals surface area contributed by atoms with Crippen molar-refractivity contribution in [1.29, 1.82) is 0 Å². The quantitative estimate of drug-likeness (QED) is 0.898. The zero-order valence-corrected chi connectivity index (χ0v) is 13.1. The number of piperidine rings is 1. The molecule has 1 unspecified atom stereocenters. The minimum absolute atomic E-state index is 0.344. The Morgan fingerprint density at radius 3 is 2.50 bits per heavy atom. The summed E-state index contributed by atoms with van der Waals surface area (Å²) in [7, 11) is 0. The average Bonchev–Trinajstić information content (AvgIpc) is 2.46. The number of aryl methyl sites for hydroxylation is 2. The van der Waals surface area contributed by atoms with Crippen LogP contribution in [0.3, 0.4) is 0 Å². The molecule has 2 rings (SSSR count). The summed E-state index contributed by atoms with van der Waals surface area (Å²) in [6.45, 7) is 10.1. The highest BCUT2D eigenvalue weighted by Gasteiger charge is 2.25. The van der Waals surface area contributed by atoms with E-state index in [2.05, 4.69) is 43.9 Å². The smallest absolute Gasteiger partial charge is 0.0599 e. The van der Waals surface area contributed by atoms with E-state index in [9.17, 15) is 0 Å². The van der Waals surface area contributed by atoms with Crippen LogP contribution in [0.25, 0.3) is 0 Å². The van der Waals surface area contributed by atoms with Crippen molar-refractivity contribution in [2.45, 2.75) is 45.8 Å². The van der Waals surface area contributed by atoms with E-state index in [0.29, 0.717) is 18.7 Å². The third-order valence-electron chi connectivity index (χ3n) is 4.46. The number of ether oxygens (including phenoxy) is 1. The third kappa shape index (κ3) is 3.60. The van der Waals surface area contributed by atoms with Gasteiger partial charge < -0.3 is 10.5 Å². The summed E-state index contributed by atoms with van der Waals surface area (Å²) in [5, 5.41) is 0. The maximum atomic E-state index is 6.04. The van der Waals surface area contributed by atoms with Crippen LogP contribution in [0.2, 0.25) is 0 Å². The maximum Gasteiger partial charge on any atom is 0.0599 e. The molecule has 3 heteroatoms. The van der Waals surface area contributed by atoms with E-state index < -0.39 is 0 Å². The van der Waals surface area contributed by atoms with Crippen LogP contribution in [0.1, 0.15) is 42.5 Å². The molecule has 1 saturated heterocycles. The molecule has 1 aromatic carbocycles. The third-order valence-corrected chi connectivity index (χ3v) is 4.46. The van der Waals surface area contributed by atoms with Gasteiger partial charge in [-0.1, -0.05) is 18.2 Å². The van der Waals surface area contributed by atoms with Crippen molar-refractivity contribution in [2.24, 2.45) is 5.73 Å². The van der Waals surface area contributed by atoms with E-state index in [-0.39, 0.29) is 0 Å². The van der Waals surface area contributed by atoms with Crippen molar-refractivity contribution in [1.82, 2.24) is 4.90 Å². The lowest BCUT2D eigenvalue weighted by Gasteiger charge is -2.37. The number of nitrogens with two attached hydrogens (primary N) is 1. The van der Waals surface area contributed by atoms with Gasteiger partial charge in [0.25, 0.3) is 0 Å². The van der Waals surface area contributed by atoms with Crippen LogP contribution in [0, 0.1) is 13.8 Å². The minimum Gasteiger partial charge on any atom is -0.378 e. The molecule has 0 saturated carbocycles. The van der Waals surface area contributed by atoms with Gasteiger partial charge in [0.15, 0.2) is 0 Å². The SMILES string of the molecule is CCOC1CCN(C(CN)c2ccc(C)c(C)c2)CC1. The van der Waals surface area contributed by atoms with Gasteiger partial charge in [-0.15, -0.1) is 0 Å². The van der Waals surface area contributed by atoms with Crippen LogP contribution in [0.5, 0.6) is 0 Å². The Morgan fingerprint density at radius 2 is 1.95 bits per heavy atom. The first-order valence-corrected chi connectivity index (χ1v) is 7.78. The zero-order chi connectivity index (χ0) is 14.5. The summed E-state index contributed by atoms with van der Waals surface area (Å²) < 4.78 is 5.73. The molecule has 1 aliphatic rings. The molecule has 3 nitrogen and oxygen atoms in total. The predicted octanol–water partition coefficient (Wildman–Crippen LogP) is 2.80. The largest absolute Gasteiger partial charge is 0.378 e. The Hall–Kier alpha value is -0.900. The summed E-state index contributed by atoms with van der Waals surface area (Å²) in [6, 6.07) is 7.08. The van der Waals surface area contributed by atoms with Gasteiger partial charge in [-0.3, -0.25) is 4.90 Å². The van der Waals surface area contributed by atoms with Gasteiger partial charge >= 0.3 is 0 Å². The van der Waals surface area contributed by atoms with Crippen molar-refractivity contribution < 1.29 is 4.74 Å². The van der Waals surface area contributed by atoms with Crippen molar-refractivity contribution >= 4 is 0 Å². The average molecular weight is 276 g/mol. The lowest BCUT2D eigenvalue weighted by atomic mass is 9.97. The molecule has 20 heavy (non-hydrogen) atoms. The van der Waals surface area contributed by atoms with Crippen LogP contribution < -0.4 is 5.73 Å². The summed E-state index contributed by atoms with van der Waals surface area (Å²) >= 11 is 0. The summed E-state index contributed by atoms with van der Waals surface area (Å²) in [4.78, 5) is 2.51. The lowest BCUT2D eigenvalue weighted by molar-refractivity contribution is 0.00451. The number of rotatable bonds is 5. The van der Waals surface area contributed by atoms with Gasteiger partial charge in [-0.25, -0.2) is 0 Å². The van der Waals surface area contributed by atoms with Gasteiger partial charge in [0.1, 0.15) is 0 Å². The standard InChI is InChI=1S/C17H28N2O/c1-4-20-16-7-9-19(10-8-16)17(12-18)15-6-5-13(2)14(3)11-15/h5-6,11,16-17H,4,7-10,12,18H2,1-3H3.